The van der Waals surface area contributed by atoms with Crippen molar-refractivity contribution in [2.75, 3.05) is 0 Å². The van der Waals surface area contributed by atoms with E-state index in [1.807, 2.05) is 18.2 Å². The number of imidazole rings is 1. The molecule has 0 atom stereocenters. The highest BCUT2D eigenvalue weighted by Gasteiger charge is 2.20. The Morgan fingerprint density at radius 2 is 2.10 bits per heavy atom. The fourth-order valence-corrected chi connectivity index (χ4v) is 2.40. The number of carboxylic acid groups (broad SMARTS) is 1. The Labute approximate surface area is 128 Å². The van der Waals surface area contributed by atoms with Gasteiger partial charge in [0.15, 0.2) is 5.69 Å². The van der Waals surface area contributed by atoms with Gasteiger partial charge < -0.3 is 9.84 Å². The first-order valence-electron chi connectivity index (χ1n) is 5.79. The average Bonchev–Trinajstić information content (AvgIpc) is 2.76. The molecule has 5 nitrogen and oxygen atoms in total. The maximum absolute atomic E-state index is 11.4. The number of rotatable bonds is 3. The molecule has 2 heterocycles. The van der Waals surface area contributed by atoms with Crippen molar-refractivity contribution >= 4 is 34.2 Å². The first-order valence-corrected chi connectivity index (χ1v) is 6.87. The van der Waals surface area contributed by atoms with Crippen molar-refractivity contribution in [1.29, 1.82) is 0 Å². The molecule has 0 aliphatic rings. The molecule has 0 saturated carbocycles. The monoisotopic (exact) mass is 380 g/mol. The zero-order valence-corrected chi connectivity index (χ0v) is 12.3. The summed E-state index contributed by atoms with van der Waals surface area (Å²) in [5, 5.41) is 9.34. The third kappa shape index (κ3) is 2.34. The summed E-state index contributed by atoms with van der Waals surface area (Å²) in [4.78, 5) is 15.6. The lowest BCUT2D eigenvalue weighted by Crippen LogP contribution is -2.03. The number of ether oxygens (including phenoxy) is 1. The van der Waals surface area contributed by atoms with Gasteiger partial charge in [-0.05, 0) is 52.9 Å². The summed E-state index contributed by atoms with van der Waals surface area (Å²) in [5.41, 5.74) is 0.546. The molecule has 0 amide bonds. The molecular formula is C14H9IN2O3. The number of hydrogen-bond donors (Lipinski definition) is 1. The molecule has 0 aliphatic carbocycles. The minimum atomic E-state index is -1.08. The van der Waals surface area contributed by atoms with Crippen LogP contribution in [0.5, 0.6) is 11.6 Å². The van der Waals surface area contributed by atoms with Gasteiger partial charge in [-0.3, -0.25) is 4.40 Å². The van der Waals surface area contributed by atoms with E-state index >= 15 is 0 Å². The number of aromatic nitrogens is 2. The molecule has 0 unspecified atom stereocenters. The number of aromatic carboxylic acids is 1. The second kappa shape index (κ2) is 5.12. The zero-order valence-electron chi connectivity index (χ0n) is 10.2. The Balaban J connectivity index is 2.11. The first-order chi connectivity index (χ1) is 9.65. The van der Waals surface area contributed by atoms with Crippen LogP contribution in [-0.2, 0) is 0 Å². The minimum Gasteiger partial charge on any atom is -0.476 e. The van der Waals surface area contributed by atoms with E-state index in [1.54, 1.807) is 30.5 Å². The number of benzene rings is 1. The summed E-state index contributed by atoms with van der Waals surface area (Å²) in [6.45, 7) is 0. The van der Waals surface area contributed by atoms with Gasteiger partial charge >= 0.3 is 5.97 Å². The second-order valence-electron chi connectivity index (χ2n) is 4.06. The Kier molecular flexibility index (Phi) is 3.31. The molecule has 0 saturated heterocycles. The lowest BCUT2D eigenvalue weighted by Gasteiger charge is -2.03. The van der Waals surface area contributed by atoms with E-state index in [0.29, 0.717) is 11.4 Å². The van der Waals surface area contributed by atoms with Crippen LogP contribution in [0.4, 0.5) is 0 Å². The molecule has 6 heteroatoms. The highest BCUT2D eigenvalue weighted by Crippen LogP contribution is 2.26. The smallest absolute Gasteiger partial charge is 0.358 e. The van der Waals surface area contributed by atoms with Gasteiger partial charge in [-0.1, -0.05) is 12.1 Å². The van der Waals surface area contributed by atoms with E-state index < -0.39 is 5.97 Å². The van der Waals surface area contributed by atoms with Crippen LogP contribution in [0.15, 0.2) is 48.7 Å². The number of carboxylic acids is 1. The van der Waals surface area contributed by atoms with Gasteiger partial charge in [0.25, 0.3) is 5.88 Å². The number of hydrogen-bond acceptors (Lipinski definition) is 3. The van der Waals surface area contributed by atoms with Gasteiger partial charge in [-0.15, -0.1) is 0 Å². The van der Waals surface area contributed by atoms with Crippen LogP contribution < -0.4 is 4.74 Å². The fourth-order valence-electron chi connectivity index (χ4n) is 1.88. The van der Waals surface area contributed by atoms with E-state index in [4.69, 9.17) is 4.74 Å². The molecule has 2 aromatic heterocycles. The Hall–Kier alpha value is -2.09. The van der Waals surface area contributed by atoms with Gasteiger partial charge in [0.2, 0.25) is 0 Å². The molecule has 3 aromatic rings. The summed E-state index contributed by atoms with van der Waals surface area (Å²) in [6, 6.07) is 12.6. The summed E-state index contributed by atoms with van der Waals surface area (Å²) in [6.07, 6.45) is 1.65. The van der Waals surface area contributed by atoms with Gasteiger partial charge in [-0.25, -0.2) is 4.79 Å². The Bertz CT molecular complexity index is 798. The summed E-state index contributed by atoms with van der Waals surface area (Å²) in [5.74, 6) is -0.433. The van der Waals surface area contributed by atoms with Crippen molar-refractivity contribution in [1.82, 2.24) is 9.38 Å². The third-order valence-corrected chi connectivity index (χ3v) is 3.38. The van der Waals surface area contributed by atoms with Gasteiger partial charge in [-0.2, -0.15) is 4.98 Å². The van der Waals surface area contributed by atoms with Crippen LogP contribution in [0.2, 0.25) is 0 Å². The standard InChI is InChI=1S/C14H9IN2O3/c15-9-4-3-5-10(8-9)20-13-12(14(18)19)17-7-2-1-6-11(17)16-13/h1-8H,(H,18,19). The fraction of sp³-hybridized carbons (Fsp3) is 0. The van der Waals surface area contributed by atoms with Crippen molar-refractivity contribution in [3.8, 4) is 11.6 Å². The SMILES string of the molecule is O=C(O)c1c(Oc2cccc(I)c2)nc2ccccn12. The lowest BCUT2D eigenvalue weighted by atomic mass is 10.3. The van der Waals surface area contributed by atoms with E-state index in [0.717, 1.165) is 3.57 Å². The Morgan fingerprint density at radius 3 is 2.85 bits per heavy atom. The highest BCUT2D eigenvalue weighted by molar-refractivity contribution is 14.1. The number of carbonyl (C=O) groups is 1. The second-order valence-corrected chi connectivity index (χ2v) is 5.30. The van der Waals surface area contributed by atoms with Crippen LogP contribution in [0.25, 0.3) is 5.65 Å². The van der Waals surface area contributed by atoms with Gasteiger partial charge in [0.05, 0.1) is 0 Å². The molecule has 1 aromatic carbocycles. The van der Waals surface area contributed by atoms with E-state index in [9.17, 15) is 9.90 Å². The van der Waals surface area contributed by atoms with Crippen LogP contribution in [0.3, 0.4) is 0 Å². The maximum atomic E-state index is 11.4. The molecule has 0 aliphatic heterocycles. The minimum absolute atomic E-state index is 0.0134. The molecule has 1 N–H and O–H groups in total. The number of halogens is 1. The molecule has 0 radical (unpaired) electrons. The van der Waals surface area contributed by atoms with Gasteiger partial charge in [0, 0.05) is 9.77 Å². The summed E-state index contributed by atoms with van der Waals surface area (Å²) in [7, 11) is 0. The Morgan fingerprint density at radius 1 is 1.25 bits per heavy atom. The molecule has 3 rings (SSSR count). The van der Waals surface area contributed by atoms with Crippen molar-refractivity contribution in [3.05, 3.63) is 57.9 Å². The highest BCUT2D eigenvalue weighted by atomic mass is 127. The van der Waals surface area contributed by atoms with Crippen molar-refractivity contribution in [3.63, 3.8) is 0 Å². The van der Waals surface area contributed by atoms with E-state index in [2.05, 4.69) is 27.6 Å². The third-order valence-electron chi connectivity index (χ3n) is 2.71. The topological polar surface area (TPSA) is 63.8 Å². The number of nitrogens with zero attached hydrogens (tertiary/aromatic N) is 2. The van der Waals surface area contributed by atoms with Gasteiger partial charge in [0.1, 0.15) is 11.4 Å². The van der Waals surface area contributed by atoms with Crippen molar-refractivity contribution in [2.45, 2.75) is 0 Å². The van der Waals surface area contributed by atoms with E-state index in [-0.39, 0.29) is 11.6 Å². The van der Waals surface area contributed by atoms with Crippen molar-refractivity contribution < 1.29 is 14.6 Å². The molecule has 0 spiro atoms. The molecule has 100 valence electrons. The van der Waals surface area contributed by atoms with Crippen LogP contribution in [0.1, 0.15) is 10.5 Å². The maximum Gasteiger partial charge on any atom is 0.358 e. The molecular weight excluding hydrogens is 371 g/mol. The summed E-state index contributed by atoms with van der Waals surface area (Å²) < 4.78 is 8.11. The largest absolute Gasteiger partial charge is 0.476 e. The molecule has 20 heavy (non-hydrogen) atoms. The van der Waals surface area contributed by atoms with Crippen LogP contribution in [0, 0.1) is 3.57 Å². The normalized spacial score (nSPS) is 10.7. The first kappa shape index (κ1) is 12.9. The predicted molar refractivity (Wildman–Crippen MR) is 81.4 cm³/mol. The summed E-state index contributed by atoms with van der Waals surface area (Å²) >= 11 is 2.16. The van der Waals surface area contributed by atoms with Crippen molar-refractivity contribution in [2.24, 2.45) is 0 Å². The number of fused-ring (bicyclic) bond motifs is 1. The average molecular weight is 380 g/mol. The van der Waals surface area contributed by atoms with Crippen LogP contribution >= 0.6 is 22.6 Å². The lowest BCUT2D eigenvalue weighted by molar-refractivity contribution is 0.0686. The van der Waals surface area contributed by atoms with E-state index in [1.165, 1.54) is 4.40 Å². The predicted octanol–water partition coefficient (Wildman–Crippen LogP) is 3.43. The number of pyridine rings is 1. The quantitative estimate of drug-likeness (QED) is 0.708. The van der Waals surface area contributed by atoms with Crippen LogP contribution in [-0.4, -0.2) is 20.5 Å². The molecule has 0 bridgehead atoms. The zero-order chi connectivity index (χ0) is 14.1. The molecule has 0 fully saturated rings.